The van der Waals surface area contributed by atoms with Crippen molar-refractivity contribution in [3.63, 3.8) is 0 Å². The fourth-order valence-electron chi connectivity index (χ4n) is 2.42. The number of carbonyl (C=O) groups excluding carboxylic acids is 2. The minimum Gasteiger partial charge on any atom is -0.505 e. The highest BCUT2D eigenvalue weighted by Gasteiger charge is 2.25. The number of halogens is 2. The first-order chi connectivity index (χ1) is 13.6. The van der Waals surface area contributed by atoms with Crippen LogP contribution in [0.2, 0.25) is 5.02 Å². The maximum atomic E-state index is 13.1. The van der Waals surface area contributed by atoms with Crippen LogP contribution in [0.1, 0.15) is 28.4 Å². The van der Waals surface area contributed by atoms with Gasteiger partial charge in [-0.2, -0.15) is 5.26 Å². The van der Waals surface area contributed by atoms with Crippen molar-refractivity contribution in [1.82, 2.24) is 10.9 Å². The lowest BCUT2D eigenvalue weighted by Gasteiger charge is -2.23. The van der Waals surface area contributed by atoms with E-state index in [4.69, 9.17) is 16.9 Å². The first kappa shape index (κ1) is 21.9. The molecular formula is C19H18ClFN4O4. The fraction of sp³-hybridized carbons (Fsp3) is 0.211. The van der Waals surface area contributed by atoms with Gasteiger partial charge in [-0.3, -0.25) is 20.4 Å². The Labute approximate surface area is 170 Å². The molecule has 0 bridgehead atoms. The van der Waals surface area contributed by atoms with Crippen molar-refractivity contribution in [3.05, 3.63) is 57.9 Å². The molecule has 2 amide bonds. The SMILES string of the molecule is Cc1c(N[C@@H](C(=O)NNC(=O)c2ccc(F)c(O)c2)[C@@H](C)O)ccc(C#N)c1Cl. The normalized spacial score (nSPS) is 12.4. The first-order valence-corrected chi connectivity index (χ1v) is 8.76. The van der Waals surface area contributed by atoms with Crippen molar-refractivity contribution in [1.29, 1.82) is 5.26 Å². The number of phenols is 1. The largest absolute Gasteiger partial charge is 0.505 e. The third-order valence-corrected chi connectivity index (χ3v) is 4.58. The molecule has 2 aromatic carbocycles. The van der Waals surface area contributed by atoms with Gasteiger partial charge in [0, 0.05) is 11.3 Å². The van der Waals surface area contributed by atoms with Gasteiger partial charge in [0.1, 0.15) is 12.1 Å². The lowest BCUT2D eigenvalue weighted by Crippen LogP contribution is -2.52. The number of aliphatic hydroxyl groups excluding tert-OH is 1. The minimum atomic E-state index is -1.17. The number of nitrogens with one attached hydrogen (secondary N) is 3. The third kappa shape index (κ3) is 5.13. The van der Waals surface area contributed by atoms with E-state index in [1.807, 2.05) is 6.07 Å². The van der Waals surface area contributed by atoms with E-state index in [2.05, 4.69) is 16.2 Å². The van der Waals surface area contributed by atoms with Gasteiger partial charge in [-0.1, -0.05) is 11.6 Å². The van der Waals surface area contributed by atoms with Crippen molar-refractivity contribution in [2.45, 2.75) is 26.0 Å². The maximum Gasteiger partial charge on any atom is 0.269 e. The number of hydrogen-bond acceptors (Lipinski definition) is 6. The smallest absolute Gasteiger partial charge is 0.269 e. The second kappa shape index (κ2) is 9.23. The Morgan fingerprint density at radius 2 is 1.93 bits per heavy atom. The molecule has 2 atom stereocenters. The molecule has 0 aliphatic rings. The van der Waals surface area contributed by atoms with E-state index in [1.54, 1.807) is 13.0 Å². The second-order valence-electron chi connectivity index (χ2n) is 6.18. The van der Waals surface area contributed by atoms with Crippen molar-refractivity contribution in [2.24, 2.45) is 0 Å². The van der Waals surface area contributed by atoms with Gasteiger partial charge in [-0.05, 0) is 49.7 Å². The fourth-order valence-corrected chi connectivity index (χ4v) is 2.63. The summed E-state index contributed by atoms with van der Waals surface area (Å²) in [4.78, 5) is 24.5. The molecular weight excluding hydrogens is 403 g/mol. The van der Waals surface area contributed by atoms with Crippen LogP contribution in [-0.2, 0) is 4.79 Å². The second-order valence-corrected chi connectivity index (χ2v) is 6.56. The van der Waals surface area contributed by atoms with Crippen molar-refractivity contribution >= 4 is 29.1 Å². The molecule has 8 nitrogen and oxygen atoms in total. The molecule has 0 saturated heterocycles. The van der Waals surface area contributed by atoms with Crippen molar-refractivity contribution in [2.75, 3.05) is 5.32 Å². The molecule has 0 aliphatic heterocycles. The van der Waals surface area contributed by atoms with Crippen LogP contribution in [0.15, 0.2) is 30.3 Å². The number of amides is 2. The molecule has 0 aromatic heterocycles. The lowest BCUT2D eigenvalue weighted by molar-refractivity contribution is -0.124. The van der Waals surface area contributed by atoms with Crippen LogP contribution in [-0.4, -0.2) is 34.2 Å². The highest BCUT2D eigenvalue weighted by Crippen LogP contribution is 2.27. The summed E-state index contributed by atoms with van der Waals surface area (Å²) in [7, 11) is 0. The quantitative estimate of drug-likeness (QED) is 0.469. The van der Waals surface area contributed by atoms with Gasteiger partial charge >= 0.3 is 0 Å². The summed E-state index contributed by atoms with van der Waals surface area (Å²) in [5, 5.41) is 31.3. The summed E-state index contributed by atoms with van der Waals surface area (Å²) in [5.41, 5.74) is 5.38. The monoisotopic (exact) mass is 420 g/mol. The summed E-state index contributed by atoms with van der Waals surface area (Å²) in [5.74, 6) is -3.16. The molecule has 0 fully saturated rings. The van der Waals surface area contributed by atoms with Crippen molar-refractivity contribution < 1.29 is 24.2 Å². The number of rotatable bonds is 5. The molecule has 0 unspecified atom stereocenters. The van der Waals surface area contributed by atoms with E-state index < -0.39 is 35.5 Å². The Hall–Kier alpha value is -3.35. The number of aromatic hydroxyl groups is 1. The number of benzene rings is 2. The number of anilines is 1. The number of aliphatic hydroxyl groups is 1. The van der Waals surface area contributed by atoms with Crippen molar-refractivity contribution in [3.8, 4) is 11.8 Å². The predicted octanol–water partition coefficient (Wildman–Crippen LogP) is 1.99. The molecule has 0 saturated carbocycles. The summed E-state index contributed by atoms with van der Waals surface area (Å²) in [6, 6.07) is 6.73. The molecule has 0 aliphatic carbocycles. The molecule has 2 aromatic rings. The zero-order chi connectivity index (χ0) is 21.7. The van der Waals surface area contributed by atoms with Crippen LogP contribution in [0.25, 0.3) is 0 Å². The van der Waals surface area contributed by atoms with Gasteiger partial charge in [-0.15, -0.1) is 0 Å². The average Bonchev–Trinajstić information content (AvgIpc) is 2.68. The highest BCUT2D eigenvalue weighted by molar-refractivity contribution is 6.32. The van der Waals surface area contributed by atoms with Gasteiger partial charge in [0.25, 0.3) is 11.8 Å². The zero-order valence-electron chi connectivity index (χ0n) is 15.5. The average molecular weight is 421 g/mol. The lowest BCUT2D eigenvalue weighted by atomic mass is 10.1. The highest BCUT2D eigenvalue weighted by atomic mass is 35.5. The number of nitriles is 1. The third-order valence-electron chi connectivity index (χ3n) is 4.09. The van der Waals surface area contributed by atoms with Gasteiger partial charge in [0.2, 0.25) is 0 Å². The number of phenolic OH excluding ortho intramolecular Hbond substituents is 1. The molecule has 10 heteroatoms. The van der Waals surface area contributed by atoms with E-state index in [-0.39, 0.29) is 16.1 Å². The minimum absolute atomic E-state index is 0.0829. The maximum absolute atomic E-state index is 13.1. The van der Waals surface area contributed by atoms with Crippen LogP contribution in [0.5, 0.6) is 5.75 Å². The van der Waals surface area contributed by atoms with E-state index in [0.717, 1.165) is 18.2 Å². The topological polar surface area (TPSA) is 134 Å². The van der Waals surface area contributed by atoms with Gasteiger partial charge in [0.05, 0.1) is 16.7 Å². The number of hydrazine groups is 1. The molecule has 29 heavy (non-hydrogen) atoms. The van der Waals surface area contributed by atoms with E-state index in [9.17, 15) is 24.2 Å². The van der Waals surface area contributed by atoms with Gasteiger partial charge in [-0.25, -0.2) is 4.39 Å². The molecule has 0 heterocycles. The Morgan fingerprint density at radius 1 is 1.24 bits per heavy atom. The summed E-state index contributed by atoms with van der Waals surface area (Å²) < 4.78 is 13.1. The Balaban J connectivity index is 2.10. The molecule has 0 spiro atoms. The van der Waals surface area contributed by atoms with Crippen LogP contribution in [0, 0.1) is 24.1 Å². The molecule has 5 N–H and O–H groups in total. The molecule has 152 valence electrons. The number of nitrogens with zero attached hydrogens (tertiary/aromatic N) is 1. The number of hydrogen-bond donors (Lipinski definition) is 5. The predicted molar refractivity (Wildman–Crippen MR) is 104 cm³/mol. The van der Waals surface area contributed by atoms with Crippen LogP contribution < -0.4 is 16.2 Å². The summed E-state index contributed by atoms with van der Waals surface area (Å²) in [6.45, 7) is 3.02. The van der Waals surface area contributed by atoms with E-state index >= 15 is 0 Å². The van der Waals surface area contributed by atoms with E-state index in [0.29, 0.717) is 11.3 Å². The molecule has 2 rings (SSSR count). The Morgan fingerprint density at radius 3 is 2.52 bits per heavy atom. The zero-order valence-corrected chi connectivity index (χ0v) is 16.2. The first-order valence-electron chi connectivity index (χ1n) is 8.38. The van der Waals surface area contributed by atoms with Crippen LogP contribution in [0.4, 0.5) is 10.1 Å². The number of carbonyl (C=O) groups is 2. The summed E-state index contributed by atoms with van der Waals surface area (Å²) in [6.07, 6.45) is -1.16. The Kier molecular flexibility index (Phi) is 6.98. The van der Waals surface area contributed by atoms with Gasteiger partial charge in [0.15, 0.2) is 11.6 Å². The Bertz CT molecular complexity index is 991. The van der Waals surface area contributed by atoms with Crippen LogP contribution >= 0.6 is 11.6 Å². The van der Waals surface area contributed by atoms with Gasteiger partial charge < -0.3 is 15.5 Å². The van der Waals surface area contributed by atoms with E-state index in [1.165, 1.54) is 13.0 Å². The standard InChI is InChI=1S/C19H18ClFN4O4/c1-9-14(6-4-12(8-22)16(9)20)23-17(10(2)26)19(29)25-24-18(28)11-3-5-13(21)15(27)7-11/h3-7,10,17,23,26-27H,1-2H3,(H,24,28)(H,25,29)/t10-,17-/m1/s1. The molecule has 0 radical (unpaired) electrons. The summed E-state index contributed by atoms with van der Waals surface area (Å²) >= 11 is 6.11. The van der Waals surface area contributed by atoms with Crippen LogP contribution in [0.3, 0.4) is 0 Å².